The lowest BCUT2D eigenvalue weighted by Crippen LogP contribution is -2.28. The summed E-state index contributed by atoms with van der Waals surface area (Å²) in [4.78, 5) is 31.4. The number of aromatic nitrogens is 6. The van der Waals surface area contributed by atoms with Crippen molar-refractivity contribution in [3.63, 3.8) is 0 Å². The molecule has 0 fully saturated rings. The molecule has 0 aliphatic heterocycles. The molecule has 23 aromatic rings. The minimum absolute atomic E-state index is 0.0836. The number of benzene rings is 20. The minimum atomic E-state index is -0.421. The van der Waals surface area contributed by atoms with Crippen molar-refractivity contribution in [3.8, 4) is 112 Å². The van der Waals surface area contributed by atoms with Gasteiger partial charge in [-0.1, -0.05) is 422 Å². The van der Waals surface area contributed by atoms with Gasteiger partial charge in [-0.25, -0.2) is 29.9 Å². The van der Waals surface area contributed by atoms with Crippen LogP contribution in [0, 0.1) is 0 Å². The van der Waals surface area contributed by atoms with Gasteiger partial charge in [0.1, 0.15) is 0 Å². The summed E-state index contributed by atoms with van der Waals surface area (Å²) in [5, 5.41) is 15.3. The van der Waals surface area contributed by atoms with E-state index in [4.69, 9.17) is 29.9 Å². The lowest BCUT2D eigenvalue weighted by molar-refractivity contribution is 0.666. The Hall–Kier alpha value is -16.3. The second-order valence-corrected chi connectivity index (χ2v) is 35.4. The smallest absolute Gasteiger partial charge is 0.161 e. The molecule has 129 heavy (non-hydrogen) atoms. The first-order valence-electron chi connectivity index (χ1n) is 44.5. The Kier molecular flexibility index (Phi) is 18.1. The minimum Gasteiger partial charge on any atom is -0.228 e. The molecule has 3 aliphatic carbocycles. The highest BCUT2D eigenvalue weighted by molar-refractivity contribution is 6.15. The average molecular weight is 1650 g/mol. The highest BCUT2D eigenvalue weighted by Gasteiger charge is 2.47. The van der Waals surface area contributed by atoms with E-state index in [1.807, 2.05) is 6.07 Å². The molecule has 0 saturated carbocycles. The van der Waals surface area contributed by atoms with Crippen LogP contribution in [0.1, 0.15) is 72.2 Å². The summed E-state index contributed by atoms with van der Waals surface area (Å²) in [5.41, 5.74) is 32.4. The van der Waals surface area contributed by atoms with Crippen molar-refractivity contribution in [2.24, 2.45) is 0 Å². The van der Waals surface area contributed by atoms with E-state index in [1.165, 1.54) is 137 Å². The summed E-state index contributed by atoms with van der Waals surface area (Å²) in [6.45, 7) is 9.37. The standard InChI is InChI=1S/C47H30N2.C39H28N2.C37H26N2/c1-4-15-32(16-5-1)45-44-37-21-11-10-14-31(37)26-29-42(44)48-46(49-45)34-24-27-38-33(30-34)25-28-41-43(38)39-22-12-13-23-40(39)47(41,35-17-6-2-7-18-35)36-19-8-3-9-20-36;1-39(2)34-21-10-8-18-29(34)32-24-33(28-17-6-7-19-30(28)36(32)39)38-40-35-22-11-9-20-31(35)37(41-38)27-16-12-15-26(23-27)25-13-4-3-5-14-25;1-37(2)32-15-9-8-14-28(32)29-20-18-24-16-17-26(22-31(24)33(29)37)36-38-34(25-11-4-3-5-12-25)30-21-19-23-10-6-7-13-27(23)35(30)39-36/h1-30H;3-24H,1-2H3;3-22H,1-2H3. The number of nitrogens with zero attached hydrogens (tertiary/aromatic N) is 6. The molecule has 3 aromatic heterocycles. The van der Waals surface area contributed by atoms with Crippen molar-refractivity contribution in [1.82, 2.24) is 29.9 Å². The van der Waals surface area contributed by atoms with E-state index in [-0.39, 0.29) is 10.8 Å². The highest BCUT2D eigenvalue weighted by atomic mass is 14.9. The molecule has 20 aromatic carbocycles. The van der Waals surface area contributed by atoms with Crippen LogP contribution in [0.25, 0.3) is 199 Å². The fourth-order valence-corrected chi connectivity index (χ4v) is 21.5. The van der Waals surface area contributed by atoms with Gasteiger partial charge in [-0.3, -0.25) is 0 Å². The summed E-state index contributed by atoms with van der Waals surface area (Å²) in [6, 6.07) is 156. The van der Waals surface area contributed by atoms with Gasteiger partial charge in [0.25, 0.3) is 0 Å². The third-order valence-corrected chi connectivity index (χ3v) is 27.4. The van der Waals surface area contributed by atoms with Crippen molar-refractivity contribution in [2.75, 3.05) is 0 Å². The van der Waals surface area contributed by atoms with Crippen LogP contribution in [0.15, 0.2) is 437 Å². The fourth-order valence-electron chi connectivity index (χ4n) is 21.5. The van der Waals surface area contributed by atoms with E-state index in [0.29, 0.717) is 0 Å². The third-order valence-electron chi connectivity index (χ3n) is 27.4. The number of para-hydroxylation sites is 1. The number of hydrogen-bond donors (Lipinski definition) is 0. The summed E-state index contributed by atoms with van der Waals surface area (Å²) in [6.07, 6.45) is 0. The van der Waals surface area contributed by atoms with Crippen molar-refractivity contribution in [1.29, 1.82) is 0 Å². The predicted molar refractivity (Wildman–Crippen MR) is 537 cm³/mol. The van der Waals surface area contributed by atoms with Crippen molar-refractivity contribution in [2.45, 2.75) is 43.9 Å². The van der Waals surface area contributed by atoms with E-state index in [0.717, 1.165) is 106 Å². The maximum absolute atomic E-state index is 5.33. The average Bonchev–Trinajstić information content (AvgIpc) is 1.54. The fraction of sp³-hybridized carbons (Fsp3) is 0.0569. The first kappa shape index (κ1) is 76.4. The largest absolute Gasteiger partial charge is 0.228 e. The van der Waals surface area contributed by atoms with Gasteiger partial charge >= 0.3 is 0 Å². The Bertz CT molecular complexity index is 8440. The van der Waals surface area contributed by atoms with Crippen LogP contribution in [0.5, 0.6) is 0 Å². The normalized spacial score (nSPS) is 13.3. The second-order valence-electron chi connectivity index (χ2n) is 35.4. The Morgan fingerprint density at radius 1 is 0.194 bits per heavy atom. The second kappa shape index (κ2) is 30.6. The maximum atomic E-state index is 5.33. The van der Waals surface area contributed by atoms with Crippen LogP contribution in [0.3, 0.4) is 0 Å². The topological polar surface area (TPSA) is 77.3 Å². The quantitative estimate of drug-likeness (QED) is 0.134. The van der Waals surface area contributed by atoms with E-state index in [1.54, 1.807) is 0 Å². The zero-order valence-corrected chi connectivity index (χ0v) is 71.8. The van der Waals surface area contributed by atoms with Crippen molar-refractivity contribution >= 4 is 86.6 Å². The van der Waals surface area contributed by atoms with Crippen LogP contribution in [0.2, 0.25) is 0 Å². The van der Waals surface area contributed by atoms with E-state index in [9.17, 15) is 0 Å². The zero-order valence-electron chi connectivity index (χ0n) is 71.8. The molecular formula is C123H84N6. The predicted octanol–water partition coefficient (Wildman–Crippen LogP) is 31.3. The molecule has 0 saturated heterocycles. The Morgan fingerprint density at radius 3 is 1.36 bits per heavy atom. The zero-order chi connectivity index (χ0) is 86.1. The molecule has 0 N–H and O–H groups in total. The third kappa shape index (κ3) is 12.4. The molecule has 0 bridgehead atoms. The summed E-state index contributed by atoms with van der Waals surface area (Å²) in [5.74, 6) is 2.24. The van der Waals surface area contributed by atoms with Gasteiger partial charge in [0.05, 0.1) is 39.0 Å². The molecule has 6 heteroatoms. The van der Waals surface area contributed by atoms with Crippen LogP contribution < -0.4 is 0 Å². The lowest BCUT2D eigenvalue weighted by atomic mass is 9.67. The van der Waals surface area contributed by atoms with E-state index < -0.39 is 5.41 Å². The van der Waals surface area contributed by atoms with Crippen LogP contribution in [-0.4, -0.2) is 29.9 Å². The van der Waals surface area contributed by atoms with Crippen LogP contribution >= 0.6 is 0 Å². The first-order valence-corrected chi connectivity index (χ1v) is 44.5. The first-order chi connectivity index (χ1) is 63.5. The molecule has 3 aliphatic rings. The maximum Gasteiger partial charge on any atom is 0.161 e. The molecule has 0 radical (unpaired) electrons. The summed E-state index contributed by atoms with van der Waals surface area (Å²) in [7, 11) is 0. The molecule has 26 rings (SSSR count). The molecule has 606 valence electrons. The van der Waals surface area contributed by atoms with Crippen molar-refractivity contribution in [3.05, 3.63) is 481 Å². The van der Waals surface area contributed by atoms with Gasteiger partial charge in [0.2, 0.25) is 0 Å². The Morgan fingerprint density at radius 2 is 0.651 bits per heavy atom. The van der Waals surface area contributed by atoms with Gasteiger partial charge in [-0.2, -0.15) is 0 Å². The van der Waals surface area contributed by atoms with Gasteiger partial charge in [0.15, 0.2) is 17.5 Å². The van der Waals surface area contributed by atoms with Gasteiger partial charge in [-0.05, 0) is 180 Å². The van der Waals surface area contributed by atoms with E-state index in [2.05, 4.69) is 458 Å². The monoisotopic (exact) mass is 1640 g/mol. The number of rotatable bonds is 9. The molecule has 0 atom stereocenters. The van der Waals surface area contributed by atoms with E-state index >= 15 is 0 Å². The molecule has 0 spiro atoms. The molecule has 3 heterocycles. The van der Waals surface area contributed by atoms with Gasteiger partial charge < -0.3 is 0 Å². The summed E-state index contributed by atoms with van der Waals surface area (Å²) < 4.78 is 0. The highest BCUT2D eigenvalue weighted by Crippen LogP contribution is 2.59. The summed E-state index contributed by atoms with van der Waals surface area (Å²) >= 11 is 0. The SMILES string of the molecule is CC1(C)c2ccccc2-c2cc(-c3nc(-c4cccc(-c5ccccc5)c4)c4ccccc4n3)c3ccccc3c21.CC1(C)c2ccccc2-c2ccc3ccc(-c4nc(-c5ccccc5)c5ccc6ccccc6c5n4)cc3c21.c1ccc(-c2nc(-c3ccc4c5c(ccc4c3)C(c3ccccc3)(c3ccccc3)c3ccccc3-5)nc3ccc4ccccc4c23)cc1. The molecule has 0 unspecified atom stereocenters. The van der Waals surface area contributed by atoms with Gasteiger partial charge in [-0.15, -0.1) is 0 Å². The Labute approximate surface area is 749 Å². The van der Waals surface area contributed by atoms with Gasteiger partial charge in [0, 0.05) is 65.8 Å². The number of fused-ring (bicyclic) bond motifs is 22. The lowest BCUT2D eigenvalue weighted by Gasteiger charge is -2.33. The number of hydrogen-bond acceptors (Lipinski definition) is 6. The molecule has 6 nitrogen and oxygen atoms in total. The Balaban J connectivity index is 0.000000108. The van der Waals surface area contributed by atoms with Crippen LogP contribution in [-0.2, 0) is 16.2 Å². The van der Waals surface area contributed by atoms with Crippen molar-refractivity contribution < 1.29 is 0 Å². The molecule has 0 amide bonds. The molecular weight excluding hydrogens is 1560 g/mol. The van der Waals surface area contributed by atoms with Crippen LogP contribution in [0.4, 0.5) is 0 Å².